The molecule has 0 spiro atoms. The highest BCUT2D eigenvalue weighted by Crippen LogP contribution is 2.46. The maximum Gasteiger partial charge on any atom is 0.297 e. The molecule has 5 atom stereocenters. The lowest BCUT2D eigenvalue weighted by Gasteiger charge is -2.37. The lowest BCUT2D eigenvalue weighted by molar-refractivity contribution is -0.138. The van der Waals surface area contributed by atoms with Crippen molar-refractivity contribution in [1.29, 1.82) is 0 Å². The Morgan fingerprint density at radius 2 is 1.76 bits per heavy atom. The normalized spacial score (nSPS) is 24.0. The SMILES string of the molecule is COc1cccn(-c2ccc(CC[C@H]3O[C@@H](CC(=O)N4Cc5ccccc5C[C@H]4CO)[C@H]([Si](C)(C)O)[C@H]3C)cc2)c1=O. The van der Waals surface area contributed by atoms with Crippen LogP contribution in [0, 0.1) is 5.92 Å². The predicted molar refractivity (Wildman–Crippen MR) is 164 cm³/mol. The van der Waals surface area contributed by atoms with Crippen molar-refractivity contribution in [3.05, 3.63) is 93.9 Å². The van der Waals surface area contributed by atoms with Crippen LogP contribution in [0.15, 0.2) is 71.7 Å². The van der Waals surface area contributed by atoms with Gasteiger partial charge in [-0.2, -0.15) is 0 Å². The number of nitrogens with zero attached hydrogens (tertiary/aromatic N) is 2. The van der Waals surface area contributed by atoms with Gasteiger partial charge in [0.2, 0.25) is 5.91 Å². The molecule has 5 rings (SSSR count). The molecule has 0 aliphatic carbocycles. The van der Waals surface area contributed by atoms with E-state index in [-0.39, 0.29) is 54.2 Å². The fourth-order valence-electron chi connectivity index (χ4n) is 6.90. The molecule has 3 heterocycles. The van der Waals surface area contributed by atoms with E-state index in [9.17, 15) is 19.5 Å². The largest absolute Gasteiger partial charge is 0.491 e. The highest BCUT2D eigenvalue weighted by atomic mass is 28.4. The zero-order chi connectivity index (χ0) is 30.0. The summed E-state index contributed by atoms with van der Waals surface area (Å²) in [4.78, 5) is 39.3. The first-order valence-corrected chi connectivity index (χ1v) is 17.8. The summed E-state index contributed by atoms with van der Waals surface area (Å²) in [6.45, 7) is 6.40. The van der Waals surface area contributed by atoms with Crippen LogP contribution in [0.5, 0.6) is 5.75 Å². The molecule has 1 amide bonds. The molecule has 224 valence electrons. The van der Waals surface area contributed by atoms with Crippen LogP contribution in [0.25, 0.3) is 5.69 Å². The van der Waals surface area contributed by atoms with Gasteiger partial charge in [0.05, 0.1) is 38.4 Å². The van der Waals surface area contributed by atoms with Crippen molar-refractivity contribution in [3.8, 4) is 11.4 Å². The van der Waals surface area contributed by atoms with Crippen molar-refractivity contribution >= 4 is 14.2 Å². The van der Waals surface area contributed by atoms with Crippen LogP contribution >= 0.6 is 0 Å². The van der Waals surface area contributed by atoms with Crippen molar-refractivity contribution < 1.29 is 24.2 Å². The zero-order valence-electron chi connectivity index (χ0n) is 24.9. The van der Waals surface area contributed by atoms with Crippen LogP contribution in [0.2, 0.25) is 18.6 Å². The summed E-state index contributed by atoms with van der Waals surface area (Å²) in [5, 5.41) is 10.1. The summed E-state index contributed by atoms with van der Waals surface area (Å²) in [6.07, 6.45) is 3.66. The third-order valence-corrected chi connectivity index (χ3v) is 11.6. The first-order valence-electron chi connectivity index (χ1n) is 14.8. The third kappa shape index (κ3) is 6.24. The van der Waals surface area contributed by atoms with Crippen LogP contribution in [-0.2, 0) is 28.9 Å². The second-order valence-electron chi connectivity index (χ2n) is 12.2. The minimum Gasteiger partial charge on any atom is -0.491 e. The van der Waals surface area contributed by atoms with Gasteiger partial charge in [0.25, 0.3) is 5.56 Å². The van der Waals surface area contributed by atoms with Crippen molar-refractivity contribution in [2.45, 2.75) is 76.0 Å². The summed E-state index contributed by atoms with van der Waals surface area (Å²) >= 11 is 0. The molecule has 8 nitrogen and oxygen atoms in total. The number of aromatic nitrogens is 1. The molecule has 0 saturated carbocycles. The van der Waals surface area contributed by atoms with E-state index < -0.39 is 8.32 Å². The van der Waals surface area contributed by atoms with Crippen LogP contribution in [0.1, 0.15) is 36.5 Å². The van der Waals surface area contributed by atoms with E-state index >= 15 is 0 Å². The van der Waals surface area contributed by atoms with E-state index in [1.165, 1.54) is 12.7 Å². The maximum atomic E-state index is 13.6. The first kappa shape index (κ1) is 30.2. The van der Waals surface area contributed by atoms with Gasteiger partial charge in [0.15, 0.2) is 14.1 Å². The van der Waals surface area contributed by atoms with Crippen molar-refractivity contribution in [2.75, 3.05) is 13.7 Å². The second kappa shape index (κ2) is 12.5. The van der Waals surface area contributed by atoms with Gasteiger partial charge in [-0.3, -0.25) is 14.2 Å². The summed E-state index contributed by atoms with van der Waals surface area (Å²) in [5.74, 6) is 0.372. The predicted octanol–water partition coefficient (Wildman–Crippen LogP) is 4.09. The number of methoxy groups -OCH3 is 1. The molecule has 0 unspecified atom stereocenters. The molecule has 1 saturated heterocycles. The van der Waals surface area contributed by atoms with Gasteiger partial charge in [-0.1, -0.05) is 43.3 Å². The average molecular weight is 591 g/mol. The molecule has 2 N–H and O–H groups in total. The third-order valence-electron chi connectivity index (χ3n) is 9.05. The van der Waals surface area contributed by atoms with Crippen molar-refractivity contribution in [3.63, 3.8) is 0 Å². The molecule has 2 aliphatic heterocycles. The Morgan fingerprint density at radius 1 is 1.05 bits per heavy atom. The van der Waals surface area contributed by atoms with Gasteiger partial charge in [-0.05, 0) is 79.2 Å². The quantitative estimate of drug-likeness (QED) is 0.364. The second-order valence-corrected chi connectivity index (χ2v) is 16.2. The summed E-state index contributed by atoms with van der Waals surface area (Å²) < 4.78 is 13.3. The van der Waals surface area contributed by atoms with E-state index in [1.807, 2.05) is 55.6 Å². The minimum absolute atomic E-state index is 0.0342. The number of hydrogen-bond donors (Lipinski definition) is 2. The van der Waals surface area contributed by atoms with E-state index in [4.69, 9.17) is 9.47 Å². The fraction of sp³-hybridized carbons (Fsp3) is 0.455. The molecule has 2 aliphatic rings. The lowest BCUT2D eigenvalue weighted by atomic mass is 9.93. The van der Waals surface area contributed by atoms with Crippen LogP contribution in [-0.4, -0.2) is 65.6 Å². The Bertz CT molecular complexity index is 1450. The number of rotatable bonds is 9. The number of amides is 1. The molecular weight excluding hydrogens is 548 g/mol. The number of hydrogen-bond acceptors (Lipinski definition) is 6. The summed E-state index contributed by atoms with van der Waals surface area (Å²) in [7, 11) is -1.16. The molecule has 3 aromatic rings. The van der Waals surface area contributed by atoms with Gasteiger partial charge >= 0.3 is 0 Å². The van der Waals surface area contributed by atoms with E-state index in [1.54, 1.807) is 27.8 Å². The Morgan fingerprint density at radius 3 is 2.43 bits per heavy atom. The van der Waals surface area contributed by atoms with Gasteiger partial charge in [-0.15, -0.1) is 0 Å². The molecule has 0 bridgehead atoms. The van der Waals surface area contributed by atoms with E-state index in [2.05, 4.69) is 13.0 Å². The zero-order valence-corrected chi connectivity index (χ0v) is 25.9. The number of fused-ring (bicyclic) bond motifs is 1. The number of aryl methyl sites for hydroxylation is 1. The number of carbonyl (C=O) groups is 1. The lowest BCUT2D eigenvalue weighted by Crippen LogP contribution is -2.48. The van der Waals surface area contributed by atoms with Crippen molar-refractivity contribution in [1.82, 2.24) is 9.47 Å². The van der Waals surface area contributed by atoms with Crippen molar-refractivity contribution in [2.24, 2.45) is 5.92 Å². The fourth-order valence-corrected chi connectivity index (χ4v) is 9.51. The monoisotopic (exact) mass is 590 g/mol. The molecule has 1 fully saturated rings. The number of aliphatic hydroxyl groups is 1. The number of aliphatic hydroxyl groups excluding tert-OH is 1. The Labute approximate surface area is 248 Å². The topological polar surface area (TPSA) is 101 Å². The average Bonchev–Trinajstić information content (AvgIpc) is 3.30. The molecule has 2 aromatic carbocycles. The van der Waals surface area contributed by atoms with Crippen LogP contribution in [0.4, 0.5) is 0 Å². The standard InChI is InChI=1S/C33H42N2O6Si/c1-22-28(16-13-23-11-14-26(15-12-23)34-17-7-10-29(40-2)33(34)38)41-30(32(22)42(3,4)39)19-31(37)35-20-25-9-6-5-8-24(25)18-27(35)21-36/h5-12,14-15,17,22,27-28,30,32,36,39H,13,16,18-21H2,1-4H3/t22-,27-,28+,30-,32+/m0/s1. The molecule has 1 aromatic heterocycles. The Kier molecular flexibility index (Phi) is 9.03. The molecule has 9 heteroatoms. The van der Waals surface area contributed by atoms with Gasteiger partial charge in [0, 0.05) is 24.0 Å². The minimum atomic E-state index is -2.65. The number of ether oxygens (including phenoxy) is 2. The van der Waals surface area contributed by atoms with E-state index in [0.29, 0.717) is 18.7 Å². The Hall–Kier alpha value is -3.24. The highest BCUT2D eigenvalue weighted by Gasteiger charge is 2.50. The van der Waals surface area contributed by atoms with Crippen LogP contribution in [0.3, 0.4) is 0 Å². The smallest absolute Gasteiger partial charge is 0.297 e. The highest BCUT2D eigenvalue weighted by molar-refractivity contribution is 6.71. The van der Waals surface area contributed by atoms with E-state index in [0.717, 1.165) is 29.7 Å². The number of pyridine rings is 1. The van der Waals surface area contributed by atoms with Gasteiger partial charge in [-0.25, -0.2) is 0 Å². The Balaban J connectivity index is 1.26. The summed E-state index contributed by atoms with van der Waals surface area (Å²) in [5.41, 5.74) is 3.91. The number of carbonyl (C=O) groups excluding carboxylic acids is 1. The number of benzene rings is 2. The first-order chi connectivity index (χ1) is 20.1. The molecule has 42 heavy (non-hydrogen) atoms. The van der Waals surface area contributed by atoms with Gasteiger partial charge in [0.1, 0.15) is 0 Å². The molecule has 0 radical (unpaired) electrons. The molecular formula is C33H42N2O6Si. The van der Waals surface area contributed by atoms with Gasteiger partial charge < -0.3 is 24.3 Å². The summed E-state index contributed by atoms with van der Waals surface area (Å²) in [6, 6.07) is 19.2. The van der Waals surface area contributed by atoms with Crippen LogP contribution < -0.4 is 10.3 Å². The maximum absolute atomic E-state index is 13.6.